The Morgan fingerprint density at radius 2 is 1.96 bits per heavy atom. The zero-order valence-electron chi connectivity index (χ0n) is 15.8. The number of benzene rings is 1. The zero-order chi connectivity index (χ0) is 20.0. The van der Waals surface area contributed by atoms with Gasteiger partial charge in [0.25, 0.3) is 5.91 Å². The number of ether oxygens (including phenoxy) is 3. The van der Waals surface area contributed by atoms with Crippen molar-refractivity contribution in [3.05, 3.63) is 23.8 Å². The van der Waals surface area contributed by atoms with Crippen molar-refractivity contribution in [3.8, 4) is 11.5 Å². The van der Waals surface area contributed by atoms with E-state index in [-0.39, 0.29) is 23.1 Å². The quantitative estimate of drug-likeness (QED) is 0.607. The summed E-state index contributed by atoms with van der Waals surface area (Å²) in [6, 6.07) is 4.25. The molecule has 8 nitrogen and oxygen atoms in total. The predicted molar refractivity (Wildman–Crippen MR) is 98.9 cm³/mol. The molecule has 150 valence electrons. The van der Waals surface area contributed by atoms with E-state index in [0.717, 1.165) is 0 Å². The molecule has 0 saturated carbocycles. The highest BCUT2D eigenvalue weighted by atomic mass is 32.2. The van der Waals surface area contributed by atoms with Crippen molar-refractivity contribution >= 4 is 21.7 Å². The average Bonchev–Trinajstić information content (AvgIpc) is 3.00. The summed E-state index contributed by atoms with van der Waals surface area (Å²) in [6.45, 7) is 3.97. The lowest BCUT2D eigenvalue weighted by molar-refractivity contribution is -0.136. The summed E-state index contributed by atoms with van der Waals surface area (Å²) in [5.74, 6) is -0.147. The van der Waals surface area contributed by atoms with Crippen molar-refractivity contribution in [2.45, 2.75) is 26.3 Å². The fourth-order valence-electron chi connectivity index (χ4n) is 3.02. The molecule has 0 N–H and O–H groups in total. The van der Waals surface area contributed by atoms with Gasteiger partial charge in [-0.2, -0.15) is 0 Å². The number of amides is 1. The van der Waals surface area contributed by atoms with Crippen LogP contribution in [0.15, 0.2) is 18.2 Å². The van der Waals surface area contributed by atoms with E-state index in [1.807, 2.05) is 6.92 Å². The number of methoxy groups -OCH3 is 1. The average molecular weight is 399 g/mol. The van der Waals surface area contributed by atoms with Gasteiger partial charge in [-0.05, 0) is 38.5 Å². The molecule has 2 rings (SSSR count). The maximum atomic E-state index is 12.4. The smallest absolute Gasteiger partial charge is 0.338 e. The normalized spacial score (nSPS) is 18.0. The van der Waals surface area contributed by atoms with Crippen molar-refractivity contribution in [3.63, 3.8) is 0 Å². The van der Waals surface area contributed by atoms with Gasteiger partial charge in [-0.15, -0.1) is 0 Å². The maximum Gasteiger partial charge on any atom is 0.338 e. The Morgan fingerprint density at radius 3 is 2.52 bits per heavy atom. The largest absolute Gasteiger partial charge is 0.493 e. The van der Waals surface area contributed by atoms with Gasteiger partial charge < -0.3 is 19.1 Å². The molecule has 0 aromatic heterocycles. The van der Waals surface area contributed by atoms with Gasteiger partial charge in [0.2, 0.25) is 0 Å². The Hall–Kier alpha value is -2.29. The molecule has 0 aliphatic carbocycles. The monoisotopic (exact) mass is 399 g/mol. The first-order valence-electron chi connectivity index (χ1n) is 8.79. The number of hydrogen-bond donors (Lipinski definition) is 0. The third-order valence-corrected chi connectivity index (χ3v) is 6.09. The van der Waals surface area contributed by atoms with Crippen LogP contribution in [-0.2, 0) is 19.4 Å². The molecule has 27 heavy (non-hydrogen) atoms. The highest BCUT2D eigenvalue weighted by Gasteiger charge is 2.34. The maximum absolute atomic E-state index is 12.4. The van der Waals surface area contributed by atoms with Crippen LogP contribution in [0.5, 0.6) is 11.5 Å². The molecule has 1 heterocycles. The van der Waals surface area contributed by atoms with Gasteiger partial charge >= 0.3 is 5.97 Å². The molecule has 1 aliphatic heterocycles. The Kier molecular flexibility index (Phi) is 7.06. The lowest BCUT2D eigenvalue weighted by Gasteiger charge is -2.26. The van der Waals surface area contributed by atoms with Crippen molar-refractivity contribution < 1.29 is 32.2 Å². The lowest BCUT2D eigenvalue weighted by Crippen LogP contribution is -2.43. The number of hydrogen-bond acceptors (Lipinski definition) is 7. The summed E-state index contributed by atoms with van der Waals surface area (Å²) in [6.07, 6.45) is 0.409. The SMILES string of the molecule is CCOc1ccc(C(=O)OCC(=O)N(CC)C2CCS(=O)(=O)C2)cc1OC. The molecule has 1 saturated heterocycles. The van der Waals surface area contributed by atoms with Crippen LogP contribution < -0.4 is 9.47 Å². The van der Waals surface area contributed by atoms with Crippen LogP contribution in [-0.4, -0.2) is 69.6 Å². The Morgan fingerprint density at radius 1 is 1.22 bits per heavy atom. The minimum atomic E-state index is -3.10. The van der Waals surface area contributed by atoms with E-state index in [4.69, 9.17) is 14.2 Å². The Balaban J connectivity index is 1.98. The molecule has 0 radical (unpaired) electrons. The molecule has 1 aliphatic rings. The van der Waals surface area contributed by atoms with E-state index < -0.39 is 28.3 Å². The first kappa shape index (κ1) is 21.0. The van der Waals surface area contributed by atoms with Gasteiger partial charge in [0.15, 0.2) is 27.9 Å². The molecule has 1 atom stereocenters. The van der Waals surface area contributed by atoms with Gasteiger partial charge in [0, 0.05) is 12.6 Å². The summed E-state index contributed by atoms with van der Waals surface area (Å²) in [5, 5.41) is 0. The lowest BCUT2D eigenvalue weighted by atomic mass is 10.2. The van der Waals surface area contributed by atoms with Crippen LogP contribution in [0, 0.1) is 0 Å². The molecule has 1 unspecified atom stereocenters. The van der Waals surface area contributed by atoms with Gasteiger partial charge in [-0.1, -0.05) is 0 Å². The highest BCUT2D eigenvalue weighted by Crippen LogP contribution is 2.28. The second-order valence-corrected chi connectivity index (χ2v) is 8.34. The topological polar surface area (TPSA) is 99.2 Å². The number of carbonyl (C=O) groups excluding carboxylic acids is 2. The molecule has 1 fully saturated rings. The minimum Gasteiger partial charge on any atom is -0.493 e. The fraction of sp³-hybridized carbons (Fsp3) is 0.556. The summed E-state index contributed by atoms with van der Waals surface area (Å²) in [5.41, 5.74) is 0.231. The van der Waals surface area contributed by atoms with Crippen LogP contribution in [0.25, 0.3) is 0 Å². The van der Waals surface area contributed by atoms with E-state index >= 15 is 0 Å². The number of rotatable bonds is 8. The summed E-state index contributed by atoms with van der Waals surface area (Å²) < 4.78 is 38.9. The third kappa shape index (κ3) is 5.35. The van der Waals surface area contributed by atoms with Crippen LogP contribution in [0.4, 0.5) is 0 Å². The summed E-state index contributed by atoms with van der Waals surface area (Å²) in [4.78, 5) is 26.1. The van der Waals surface area contributed by atoms with Gasteiger partial charge in [0.05, 0.1) is 30.8 Å². The molecule has 0 spiro atoms. The minimum absolute atomic E-state index is 0.0450. The zero-order valence-corrected chi connectivity index (χ0v) is 16.6. The third-order valence-electron chi connectivity index (χ3n) is 4.34. The molecule has 0 bridgehead atoms. The van der Waals surface area contributed by atoms with Crippen LogP contribution >= 0.6 is 0 Å². The molecule has 1 aromatic carbocycles. The van der Waals surface area contributed by atoms with Crippen molar-refractivity contribution in [1.29, 1.82) is 0 Å². The molecular formula is C18H25NO7S. The Labute approximate surface area is 159 Å². The van der Waals surface area contributed by atoms with Crippen molar-refractivity contribution in [2.75, 3.05) is 38.4 Å². The van der Waals surface area contributed by atoms with E-state index in [1.54, 1.807) is 13.0 Å². The van der Waals surface area contributed by atoms with Gasteiger partial charge in [-0.25, -0.2) is 13.2 Å². The molecule has 1 amide bonds. The number of carbonyl (C=O) groups is 2. The number of sulfone groups is 1. The Bertz CT molecular complexity index is 791. The summed E-state index contributed by atoms with van der Waals surface area (Å²) >= 11 is 0. The van der Waals surface area contributed by atoms with Crippen molar-refractivity contribution in [1.82, 2.24) is 4.90 Å². The van der Waals surface area contributed by atoms with Crippen molar-refractivity contribution in [2.24, 2.45) is 0 Å². The standard InChI is InChI=1S/C18H25NO7S/c1-4-19(14-8-9-27(22,23)12-14)17(20)11-26-18(21)13-6-7-15(25-5-2)16(10-13)24-3/h6-7,10,14H,4-5,8-9,11-12H2,1-3H3. The predicted octanol–water partition coefficient (Wildman–Crippen LogP) is 1.29. The number of esters is 1. The fourth-order valence-corrected chi connectivity index (χ4v) is 4.75. The second-order valence-electron chi connectivity index (χ2n) is 6.11. The first-order valence-corrected chi connectivity index (χ1v) is 10.6. The summed E-state index contributed by atoms with van der Waals surface area (Å²) in [7, 11) is -1.64. The van der Waals surface area contributed by atoms with E-state index in [2.05, 4.69) is 0 Å². The van der Waals surface area contributed by atoms with Crippen LogP contribution in [0.3, 0.4) is 0 Å². The van der Waals surface area contributed by atoms with Crippen LogP contribution in [0.2, 0.25) is 0 Å². The van der Waals surface area contributed by atoms with E-state index in [9.17, 15) is 18.0 Å². The number of likely N-dealkylation sites (N-methyl/N-ethyl adjacent to an activating group) is 1. The van der Waals surface area contributed by atoms with Crippen LogP contribution in [0.1, 0.15) is 30.6 Å². The number of nitrogens with zero attached hydrogens (tertiary/aromatic N) is 1. The van der Waals surface area contributed by atoms with Gasteiger partial charge in [0.1, 0.15) is 0 Å². The molecular weight excluding hydrogens is 374 g/mol. The molecule has 1 aromatic rings. The highest BCUT2D eigenvalue weighted by molar-refractivity contribution is 7.91. The van der Waals surface area contributed by atoms with E-state index in [0.29, 0.717) is 31.1 Å². The second kappa shape index (κ2) is 9.07. The van der Waals surface area contributed by atoms with Gasteiger partial charge in [-0.3, -0.25) is 4.79 Å². The first-order chi connectivity index (χ1) is 12.8. The molecule has 9 heteroatoms. The van der Waals surface area contributed by atoms with E-state index in [1.165, 1.54) is 24.1 Å².